The molecule has 1 heterocycles. The van der Waals surface area contributed by atoms with E-state index in [1.54, 1.807) is 7.11 Å². The lowest BCUT2D eigenvalue weighted by molar-refractivity contribution is -0.00409. The first-order valence-corrected chi connectivity index (χ1v) is 9.02. The van der Waals surface area contributed by atoms with E-state index in [1.807, 2.05) is 0 Å². The molecular formula is C17H24ClN3O3. The molecule has 1 aromatic heterocycles. The normalized spacial score (nSPS) is 23.1. The zero-order valence-electron chi connectivity index (χ0n) is 14.0. The first kappa shape index (κ1) is 17.6. The summed E-state index contributed by atoms with van der Waals surface area (Å²) in [6.07, 6.45) is 6.76. The van der Waals surface area contributed by atoms with Crippen LogP contribution in [0.3, 0.4) is 0 Å². The maximum absolute atomic E-state index is 12.6. The van der Waals surface area contributed by atoms with E-state index in [-0.39, 0.29) is 23.3 Å². The third-order valence-electron chi connectivity index (χ3n) is 4.77. The fraction of sp³-hybridized carbons (Fsp3) is 0.706. The van der Waals surface area contributed by atoms with Gasteiger partial charge < -0.3 is 14.8 Å². The third kappa shape index (κ3) is 4.23. The van der Waals surface area contributed by atoms with Crippen LogP contribution in [-0.4, -0.2) is 48.3 Å². The number of ether oxygens (including phenoxy) is 2. The van der Waals surface area contributed by atoms with Gasteiger partial charge in [0, 0.05) is 24.4 Å². The highest BCUT2D eigenvalue weighted by atomic mass is 35.5. The van der Waals surface area contributed by atoms with Crippen molar-refractivity contribution in [3.8, 4) is 0 Å². The van der Waals surface area contributed by atoms with Crippen LogP contribution in [0.1, 0.15) is 53.8 Å². The molecule has 0 spiro atoms. The van der Waals surface area contributed by atoms with Gasteiger partial charge in [0.15, 0.2) is 0 Å². The van der Waals surface area contributed by atoms with E-state index in [0.29, 0.717) is 18.9 Å². The number of amides is 1. The van der Waals surface area contributed by atoms with Crippen LogP contribution < -0.4 is 5.32 Å². The molecule has 1 saturated carbocycles. The van der Waals surface area contributed by atoms with Crippen LogP contribution in [0.4, 0.5) is 0 Å². The molecule has 1 amide bonds. The summed E-state index contributed by atoms with van der Waals surface area (Å²) in [7, 11) is 1.67. The van der Waals surface area contributed by atoms with E-state index in [0.717, 1.165) is 56.2 Å². The van der Waals surface area contributed by atoms with E-state index >= 15 is 0 Å². The Morgan fingerprint density at radius 3 is 2.75 bits per heavy atom. The molecule has 0 bridgehead atoms. The molecule has 0 aromatic carbocycles. The van der Waals surface area contributed by atoms with Crippen molar-refractivity contribution in [1.82, 2.24) is 15.3 Å². The Morgan fingerprint density at radius 2 is 2.00 bits per heavy atom. The Labute approximate surface area is 147 Å². The standard InChI is InChI=1S/C17H24ClN3O3/c1-23-9-10-24-12-7-5-11(6-8-12)19-16(22)15-13-3-2-4-14(13)20-17(18)21-15/h11-12H,2-10H2,1H3,(H,19,22)/t11-,12-. The van der Waals surface area contributed by atoms with E-state index in [2.05, 4.69) is 15.3 Å². The molecule has 0 atom stereocenters. The number of carbonyl (C=O) groups excluding carboxylic acids is 1. The van der Waals surface area contributed by atoms with Crippen molar-refractivity contribution in [3.05, 3.63) is 22.2 Å². The number of fused-ring (bicyclic) bond motifs is 1. The zero-order chi connectivity index (χ0) is 16.9. The third-order valence-corrected chi connectivity index (χ3v) is 4.94. The molecule has 1 aromatic rings. The van der Waals surface area contributed by atoms with Gasteiger partial charge in [0.05, 0.1) is 19.3 Å². The largest absolute Gasteiger partial charge is 0.382 e. The van der Waals surface area contributed by atoms with Gasteiger partial charge in [0.1, 0.15) is 5.69 Å². The van der Waals surface area contributed by atoms with Crippen LogP contribution in [0.2, 0.25) is 5.28 Å². The van der Waals surface area contributed by atoms with Crippen molar-refractivity contribution in [2.75, 3.05) is 20.3 Å². The molecule has 7 heteroatoms. The molecule has 24 heavy (non-hydrogen) atoms. The molecule has 2 aliphatic rings. The summed E-state index contributed by atoms with van der Waals surface area (Å²) < 4.78 is 10.8. The zero-order valence-corrected chi connectivity index (χ0v) is 14.8. The lowest BCUT2D eigenvalue weighted by Gasteiger charge is -2.29. The number of aryl methyl sites for hydroxylation is 1. The van der Waals surface area contributed by atoms with Gasteiger partial charge in [-0.15, -0.1) is 0 Å². The van der Waals surface area contributed by atoms with Gasteiger partial charge in [-0.05, 0) is 56.5 Å². The molecule has 132 valence electrons. The van der Waals surface area contributed by atoms with Gasteiger partial charge in [-0.2, -0.15) is 0 Å². The Bertz CT molecular complexity index is 589. The highest BCUT2D eigenvalue weighted by Gasteiger charge is 2.27. The second kappa shape index (κ2) is 8.23. The molecule has 6 nitrogen and oxygen atoms in total. The second-order valence-electron chi connectivity index (χ2n) is 6.43. The summed E-state index contributed by atoms with van der Waals surface area (Å²) in [5.74, 6) is -0.124. The van der Waals surface area contributed by atoms with Crippen LogP contribution in [0.15, 0.2) is 0 Å². The Hall–Kier alpha value is -1.24. The van der Waals surface area contributed by atoms with Crippen LogP contribution in [0.25, 0.3) is 0 Å². The summed E-state index contributed by atoms with van der Waals surface area (Å²) in [6, 6.07) is 0.172. The number of nitrogens with zero attached hydrogens (tertiary/aromatic N) is 2. The van der Waals surface area contributed by atoms with Gasteiger partial charge in [0.25, 0.3) is 5.91 Å². The number of hydrogen-bond donors (Lipinski definition) is 1. The number of carbonyl (C=O) groups is 1. The first-order valence-electron chi connectivity index (χ1n) is 8.64. The summed E-state index contributed by atoms with van der Waals surface area (Å²) in [4.78, 5) is 21.0. The molecule has 1 fully saturated rings. The molecule has 0 saturated heterocycles. The summed E-state index contributed by atoms with van der Waals surface area (Å²) in [5.41, 5.74) is 2.35. The molecular weight excluding hydrogens is 330 g/mol. The fourth-order valence-electron chi connectivity index (χ4n) is 3.52. The number of rotatable bonds is 6. The van der Waals surface area contributed by atoms with Gasteiger partial charge >= 0.3 is 0 Å². The summed E-state index contributed by atoms with van der Waals surface area (Å²) >= 11 is 5.97. The highest BCUT2D eigenvalue weighted by molar-refractivity contribution is 6.28. The molecule has 0 aliphatic heterocycles. The predicted molar refractivity (Wildman–Crippen MR) is 90.4 cm³/mol. The summed E-state index contributed by atoms with van der Waals surface area (Å²) in [5, 5.41) is 3.27. The Morgan fingerprint density at radius 1 is 1.21 bits per heavy atom. The van der Waals surface area contributed by atoms with Crippen molar-refractivity contribution in [2.24, 2.45) is 0 Å². The van der Waals surface area contributed by atoms with Gasteiger partial charge in [-0.3, -0.25) is 4.79 Å². The quantitative estimate of drug-likeness (QED) is 0.627. The van der Waals surface area contributed by atoms with E-state index in [9.17, 15) is 4.79 Å². The van der Waals surface area contributed by atoms with Crippen molar-refractivity contribution < 1.29 is 14.3 Å². The average Bonchev–Trinajstić information content (AvgIpc) is 3.04. The number of halogens is 1. The monoisotopic (exact) mass is 353 g/mol. The molecule has 2 aliphatic carbocycles. The maximum atomic E-state index is 12.6. The van der Waals surface area contributed by atoms with Crippen molar-refractivity contribution in [2.45, 2.75) is 57.1 Å². The molecule has 3 rings (SSSR count). The minimum absolute atomic E-state index is 0.124. The minimum Gasteiger partial charge on any atom is -0.382 e. The number of hydrogen-bond acceptors (Lipinski definition) is 5. The highest BCUT2D eigenvalue weighted by Crippen LogP contribution is 2.25. The Kier molecular flexibility index (Phi) is 6.03. The van der Waals surface area contributed by atoms with Crippen LogP contribution in [0, 0.1) is 0 Å². The lowest BCUT2D eigenvalue weighted by Crippen LogP contribution is -2.40. The van der Waals surface area contributed by atoms with Crippen molar-refractivity contribution in [3.63, 3.8) is 0 Å². The fourth-order valence-corrected chi connectivity index (χ4v) is 3.70. The smallest absolute Gasteiger partial charge is 0.270 e. The van der Waals surface area contributed by atoms with Crippen LogP contribution in [-0.2, 0) is 22.3 Å². The first-order chi connectivity index (χ1) is 11.7. The van der Waals surface area contributed by atoms with Crippen molar-refractivity contribution in [1.29, 1.82) is 0 Å². The van der Waals surface area contributed by atoms with E-state index < -0.39 is 0 Å². The predicted octanol–water partition coefficient (Wildman–Crippen LogP) is 2.32. The number of aromatic nitrogens is 2. The average molecular weight is 354 g/mol. The topological polar surface area (TPSA) is 73.3 Å². The molecule has 0 unspecified atom stereocenters. The molecule has 0 radical (unpaired) electrons. The van der Waals surface area contributed by atoms with Crippen LogP contribution in [0.5, 0.6) is 0 Å². The van der Waals surface area contributed by atoms with Crippen molar-refractivity contribution >= 4 is 17.5 Å². The van der Waals surface area contributed by atoms with Gasteiger partial charge in [0.2, 0.25) is 5.28 Å². The SMILES string of the molecule is COCCO[C@H]1CC[C@H](NC(=O)c2nc(Cl)nc3c2CCC3)CC1. The lowest BCUT2D eigenvalue weighted by atomic mass is 9.92. The molecule has 1 N–H and O–H groups in total. The maximum Gasteiger partial charge on any atom is 0.270 e. The second-order valence-corrected chi connectivity index (χ2v) is 6.77. The minimum atomic E-state index is -0.124. The Balaban J connectivity index is 1.54. The summed E-state index contributed by atoms with van der Waals surface area (Å²) in [6.45, 7) is 1.25. The van der Waals surface area contributed by atoms with Gasteiger partial charge in [-0.1, -0.05) is 0 Å². The van der Waals surface area contributed by atoms with E-state index in [4.69, 9.17) is 21.1 Å². The van der Waals surface area contributed by atoms with Crippen LogP contribution >= 0.6 is 11.6 Å². The number of methoxy groups -OCH3 is 1. The van der Waals surface area contributed by atoms with Gasteiger partial charge in [-0.25, -0.2) is 9.97 Å². The number of nitrogens with one attached hydrogen (secondary N) is 1. The van der Waals surface area contributed by atoms with E-state index in [1.165, 1.54) is 0 Å².